The Morgan fingerprint density at radius 2 is 1.96 bits per heavy atom. The predicted octanol–water partition coefficient (Wildman–Crippen LogP) is 4.00. The van der Waals surface area contributed by atoms with Crippen LogP contribution in [-0.4, -0.2) is 46.1 Å². The molecule has 1 amide bonds. The monoisotopic (exact) mass is 380 g/mol. The summed E-state index contributed by atoms with van der Waals surface area (Å²) in [5.74, 6) is 1.89. The van der Waals surface area contributed by atoms with Crippen molar-refractivity contribution in [3.63, 3.8) is 0 Å². The minimum atomic E-state index is -2.42. The number of carbonyl (C=O) groups excluding carboxylic acids is 1. The zero-order valence-electron chi connectivity index (χ0n) is 16.0. The van der Waals surface area contributed by atoms with Crippen molar-refractivity contribution in [3.8, 4) is 0 Å². The third-order valence-corrected chi connectivity index (χ3v) is 6.69. The average Bonchev–Trinajstić information content (AvgIpc) is 3.29. The van der Waals surface area contributed by atoms with Gasteiger partial charge in [-0.1, -0.05) is 12.8 Å². The lowest BCUT2D eigenvalue weighted by Crippen LogP contribution is -2.46. The maximum absolute atomic E-state index is 13.6. The molecule has 2 fully saturated rings. The van der Waals surface area contributed by atoms with Crippen LogP contribution in [-0.2, 0) is 4.79 Å². The maximum atomic E-state index is 13.6. The Labute approximate surface area is 159 Å². The number of aryl methyl sites for hydroxylation is 1. The molecule has 0 radical (unpaired) electrons. The number of piperidine rings is 1. The highest BCUT2D eigenvalue weighted by molar-refractivity contribution is 5.76. The molecule has 1 N–H and O–H groups in total. The van der Waals surface area contributed by atoms with Gasteiger partial charge in [0.05, 0.1) is 5.69 Å². The Kier molecular flexibility index (Phi) is 5.37. The van der Waals surface area contributed by atoms with E-state index >= 15 is 0 Å². The van der Waals surface area contributed by atoms with Gasteiger partial charge in [0.2, 0.25) is 5.91 Å². The van der Waals surface area contributed by atoms with Crippen LogP contribution >= 0.6 is 0 Å². The van der Waals surface area contributed by atoms with Gasteiger partial charge in [0.1, 0.15) is 11.9 Å². The van der Waals surface area contributed by atoms with Crippen LogP contribution in [0.5, 0.6) is 0 Å². The first-order valence-electron chi connectivity index (χ1n) is 10.4. The fourth-order valence-corrected chi connectivity index (χ4v) is 5.15. The number of amides is 1. The molecule has 0 spiro atoms. The van der Waals surface area contributed by atoms with Crippen LogP contribution in [0.3, 0.4) is 0 Å². The third-order valence-electron chi connectivity index (χ3n) is 6.69. The van der Waals surface area contributed by atoms with Crippen molar-refractivity contribution in [2.24, 2.45) is 11.8 Å². The molecule has 1 saturated carbocycles. The van der Waals surface area contributed by atoms with Crippen LogP contribution < -0.4 is 5.32 Å². The second-order valence-electron chi connectivity index (χ2n) is 8.58. The molecule has 0 unspecified atom stereocenters. The molecule has 3 aliphatic rings. The Morgan fingerprint density at radius 3 is 2.63 bits per heavy atom. The van der Waals surface area contributed by atoms with Crippen LogP contribution in [0.1, 0.15) is 63.1 Å². The second kappa shape index (κ2) is 7.76. The highest BCUT2D eigenvalue weighted by Gasteiger charge is 2.38. The van der Waals surface area contributed by atoms with E-state index in [1.165, 1.54) is 30.4 Å². The fourth-order valence-electron chi connectivity index (χ4n) is 5.15. The standard InChI is InChI=1S/C20H30F2N4O/c1-13-10-18-23-16(12-17(20(21)22)26(18)24-13)15-6-8-25(9-7-15)19(27)11-14-4-2-3-5-14/h10,14-17,20,23H,2-9,11-12H2,1H3/t16-,17+/m0/s1. The molecular weight excluding hydrogens is 350 g/mol. The summed E-state index contributed by atoms with van der Waals surface area (Å²) in [6, 6.07) is 1.02. The lowest BCUT2D eigenvalue weighted by atomic mass is 9.84. The highest BCUT2D eigenvalue weighted by Crippen LogP contribution is 2.37. The minimum Gasteiger partial charge on any atom is -0.367 e. The van der Waals surface area contributed by atoms with Crippen molar-refractivity contribution in [2.45, 2.75) is 76.8 Å². The molecule has 2 aliphatic heterocycles. The van der Waals surface area contributed by atoms with Crippen LogP contribution in [0, 0.1) is 18.8 Å². The SMILES string of the molecule is Cc1cc2n(n1)[C@@H](C(F)F)C[C@@H](C1CCN(C(=O)CC3CCCC3)CC1)N2. The third kappa shape index (κ3) is 3.97. The molecule has 3 heterocycles. The van der Waals surface area contributed by atoms with Crippen LogP contribution in [0.2, 0.25) is 0 Å². The Morgan fingerprint density at radius 1 is 1.26 bits per heavy atom. The molecule has 27 heavy (non-hydrogen) atoms. The summed E-state index contributed by atoms with van der Waals surface area (Å²) in [4.78, 5) is 14.5. The molecular formula is C20H30F2N4O. The van der Waals surface area contributed by atoms with E-state index in [4.69, 9.17) is 0 Å². The van der Waals surface area contributed by atoms with Gasteiger partial charge in [-0.15, -0.1) is 0 Å². The molecule has 2 atom stereocenters. The zero-order chi connectivity index (χ0) is 19.0. The van der Waals surface area contributed by atoms with E-state index < -0.39 is 12.5 Å². The first kappa shape index (κ1) is 18.7. The summed E-state index contributed by atoms with van der Waals surface area (Å²) in [6.45, 7) is 3.34. The van der Waals surface area contributed by atoms with Crippen molar-refractivity contribution in [3.05, 3.63) is 11.8 Å². The number of carbonyl (C=O) groups is 1. The number of rotatable bonds is 4. The van der Waals surface area contributed by atoms with Gasteiger partial charge in [-0.2, -0.15) is 5.10 Å². The number of nitrogens with one attached hydrogen (secondary N) is 1. The van der Waals surface area contributed by atoms with Gasteiger partial charge in [-0.25, -0.2) is 13.5 Å². The van der Waals surface area contributed by atoms with E-state index in [1.54, 1.807) is 0 Å². The van der Waals surface area contributed by atoms with E-state index in [-0.39, 0.29) is 11.9 Å². The molecule has 7 heteroatoms. The molecule has 4 rings (SSSR count). The number of alkyl halides is 2. The molecule has 1 aromatic heterocycles. The summed E-state index contributed by atoms with van der Waals surface area (Å²) in [7, 11) is 0. The fraction of sp³-hybridized carbons (Fsp3) is 0.800. The zero-order valence-corrected chi connectivity index (χ0v) is 16.0. The van der Waals surface area contributed by atoms with Gasteiger partial charge in [-0.05, 0) is 50.9 Å². The number of hydrogen-bond donors (Lipinski definition) is 1. The molecule has 1 aromatic rings. The normalized spacial score (nSPS) is 27.0. The van der Waals surface area contributed by atoms with Gasteiger partial charge >= 0.3 is 0 Å². The Bertz CT molecular complexity index is 663. The predicted molar refractivity (Wildman–Crippen MR) is 99.9 cm³/mol. The number of halogens is 2. The van der Waals surface area contributed by atoms with Crippen molar-refractivity contribution in [2.75, 3.05) is 18.4 Å². The second-order valence-corrected chi connectivity index (χ2v) is 8.58. The van der Waals surface area contributed by atoms with Crippen molar-refractivity contribution >= 4 is 11.7 Å². The number of nitrogens with zero attached hydrogens (tertiary/aromatic N) is 3. The summed E-state index contributed by atoms with van der Waals surface area (Å²) in [6.07, 6.45) is 5.34. The summed E-state index contributed by atoms with van der Waals surface area (Å²) < 4.78 is 28.6. The average molecular weight is 380 g/mol. The van der Waals surface area contributed by atoms with Gasteiger partial charge in [-0.3, -0.25) is 4.79 Å². The number of fused-ring (bicyclic) bond motifs is 1. The topological polar surface area (TPSA) is 50.2 Å². The highest BCUT2D eigenvalue weighted by atomic mass is 19.3. The molecule has 0 aromatic carbocycles. The molecule has 5 nitrogen and oxygen atoms in total. The number of anilines is 1. The van der Waals surface area contributed by atoms with E-state index in [0.717, 1.165) is 31.6 Å². The van der Waals surface area contributed by atoms with E-state index in [0.29, 0.717) is 30.5 Å². The number of hydrogen-bond acceptors (Lipinski definition) is 3. The first-order valence-corrected chi connectivity index (χ1v) is 10.4. The smallest absolute Gasteiger partial charge is 0.260 e. The van der Waals surface area contributed by atoms with Crippen LogP contribution in [0.4, 0.5) is 14.6 Å². The van der Waals surface area contributed by atoms with Crippen molar-refractivity contribution < 1.29 is 13.6 Å². The number of likely N-dealkylation sites (tertiary alicyclic amines) is 1. The van der Waals surface area contributed by atoms with Gasteiger partial charge in [0.25, 0.3) is 6.43 Å². The molecule has 1 saturated heterocycles. The summed E-state index contributed by atoms with van der Waals surface area (Å²) in [5, 5.41) is 7.68. The van der Waals surface area contributed by atoms with E-state index in [2.05, 4.69) is 10.4 Å². The van der Waals surface area contributed by atoms with Crippen LogP contribution in [0.15, 0.2) is 6.07 Å². The maximum Gasteiger partial charge on any atom is 0.260 e. The van der Waals surface area contributed by atoms with Gasteiger partial charge < -0.3 is 10.2 Å². The lowest BCUT2D eigenvalue weighted by molar-refractivity contribution is -0.133. The lowest BCUT2D eigenvalue weighted by Gasteiger charge is -2.40. The largest absolute Gasteiger partial charge is 0.367 e. The summed E-state index contributed by atoms with van der Waals surface area (Å²) in [5.41, 5.74) is 0.760. The number of aromatic nitrogens is 2. The Hall–Kier alpha value is -1.66. The Balaban J connectivity index is 1.34. The summed E-state index contributed by atoms with van der Waals surface area (Å²) >= 11 is 0. The molecule has 150 valence electrons. The first-order chi connectivity index (χ1) is 13.0. The van der Waals surface area contributed by atoms with Crippen molar-refractivity contribution in [1.29, 1.82) is 0 Å². The minimum absolute atomic E-state index is 0.0275. The van der Waals surface area contributed by atoms with Crippen LogP contribution in [0.25, 0.3) is 0 Å². The van der Waals surface area contributed by atoms with Crippen molar-refractivity contribution in [1.82, 2.24) is 14.7 Å². The van der Waals surface area contributed by atoms with E-state index in [9.17, 15) is 13.6 Å². The molecule has 1 aliphatic carbocycles. The van der Waals surface area contributed by atoms with E-state index in [1.807, 2.05) is 17.9 Å². The van der Waals surface area contributed by atoms with Gasteiger partial charge in [0.15, 0.2) is 0 Å². The molecule has 0 bridgehead atoms. The quantitative estimate of drug-likeness (QED) is 0.859. The van der Waals surface area contributed by atoms with Gasteiger partial charge in [0, 0.05) is 31.6 Å².